The smallest absolute Gasteiger partial charge is 0.242 e. The molecule has 0 radical (unpaired) electrons. The topological polar surface area (TPSA) is 75.3 Å². The highest BCUT2D eigenvalue weighted by Crippen LogP contribution is 2.21. The Hall–Kier alpha value is -2.38. The predicted molar refractivity (Wildman–Crippen MR) is 121 cm³/mol. The van der Waals surface area contributed by atoms with Crippen LogP contribution in [0.2, 0.25) is 10.0 Å². The van der Waals surface area contributed by atoms with Crippen LogP contribution in [0.1, 0.15) is 11.1 Å². The molecule has 3 rings (SSSR count). The Labute approximate surface area is 186 Å². The molecule has 1 amide bonds. The van der Waals surface area contributed by atoms with Gasteiger partial charge in [-0.2, -0.15) is 4.72 Å². The van der Waals surface area contributed by atoms with Crippen molar-refractivity contribution in [2.75, 3.05) is 5.32 Å². The second-order valence-electron chi connectivity index (χ2n) is 6.77. The van der Waals surface area contributed by atoms with E-state index in [1.54, 1.807) is 18.2 Å². The van der Waals surface area contributed by atoms with Gasteiger partial charge in [-0.05, 0) is 60.9 Å². The molecule has 0 bridgehead atoms. The Morgan fingerprint density at radius 3 is 2.27 bits per heavy atom. The SMILES string of the molecule is Cc1ccc(NC(=O)C(Cc2ccccc2)NS(=O)(=O)c2ccc(Cl)cc2)cc1Cl. The number of amides is 1. The zero-order chi connectivity index (χ0) is 21.7. The molecule has 8 heteroatoms. The van der Waals surface area contributed by atoms with Gasteiger partial charge in [0.05, 0.1) is 4.90 Å². The molecule has 0 aromatic heterocycles. The lowest BCUT2D eigenvalue weighted by atomic mass is 10.1. The van der Waals surface area contributed by atoms with Crippen molar-refractivity contribution in [1.82, 2.24) is 4.72 Å². The fraction of sp³-hybridized carbons (Fsp3) is 0.136. The lowest BCUT2D eigenvalue weighted by Gasteiger charge is -2.19. The van der Waals surface area contributed by atoms with Gasteiger partial charge in [-0.15, -0.1) is 0 Å². The zero-order valence-corrected chi connectivity index (χ0v) is 18.4. The molecule has 3 aromatic rings. The summed E-state index contributed by atoms with van der Waals surface area (Å²) >= 11 is 12.0. The molecule has 0 aliphatic carbocycles. The van der Waals surface area contributed by atoms with Gasteiger partial charge in [0.15, 0.2) is 0 Å². The molecular weight excluding hydrogens is 443 g/mol. The van der Waals surface area contributed by atoms with E-state index >= 15 is 0 Å². The zero-order valence-electron chi connectivity index (χ0n) is 16.1. The van der Waals surface area contributed by atoms with Crippen LogP contribution in [0.25, 0.3) is 0 Å². The number of anilines is 1. The van der Waals surface area contributed by atoms with Crippen molar-refractivity contribution >= 4 is 44.8 Å². The number of carbonyl (C=O) groups is 1. The molecule has 0 saturated carbocycles. The van der Waals surface area contributed by atoms with Crippen LogP contribution in [0, 0.1) is 6.92 Å². The monoisotopic (exact) mass is 462 g/mol. The maximum absolute atomic E-state index is 13.0. The van der Waals surface area contributed by atoms with E-state index in [1.165, 1.54) is 24.3 Å². The minimum absolute atomic E-state index is 0.0242. The van der Waals surface area contributed by atoms with Crippen LogP contribution in [0.15, 0.2) is 77.7 Å². The van der Waals surface area contributed by atoms with Crippen LogP contribution in [0.3, 0.4) is 0 Å². The second kappa shape index (κ2) is 9.62. The summed E-state index contributed by atoms with van der Waals surface area (Å²) < 4.78 is 28.2. The van der Waals surface area contributed by atoms with E-state index in [1.807, 2.05) is 37.3 Å². The largest absolute Gasteiger partial charge is 0.325 e. The van der Waals surface area contributed by atoms with Gasteiger partial charge in [0, 0.05) is 15.7 Å². The number of hydrogen-bond acceptors (Lipinski definition) is 3. The van der Waals surface area contributed by atoms with Gasteiger partial charge in [-0.1, -0.05) is 59.6 Å². The molecular formula is C22H20Cl2N2O3S. The fourth-order valence-electron chi connectivity index (χ4n) is 2.81. The summed E-state index contributed by atoms with van der Waals surface area (Å²) in [5, 5.41) is 3.67. The maximum atomic E-state index is 13.0. The highest BCUT2D eigenvalue weighted by atomic mass is 35.5. The van der Waals surface area contributed by atoms with E-state index in [0.717, 1.165) is 11.1 Å². The Kier molecular flexibility index (Phi) is 7.15. The van der Waals surface area contributed by atoms with Crippen molar-refractivity contribution in [3.63, 3.8) is 0 Å². The minimum atomic E-state index is -3.94. The molecule has 0 fully saturated rings. The van der Waals surface area contributed by atoms with Crippen molar-refractivity contribution in [2.24, 2.45) is 0 Å². The van der Waals surface area contributed by atoms with Gasteiger partial charge in [0.25, 0.3) is 0 Å². The molecule has 1 unspecified atom stereocenters. The number of aryl methyl sites for hydroxylation is 1. The van der Waals surface area contributed by atoms with E-state index < -0.39 is 22.0 Å². The quantitative estimate of drug-likeness (QED) is 0.527. The van der Waals surface area contributed by atoms with E-state index in [0.29, 0.717) is 15.7 Å². The number of benzene rings is 3. The van der Waals surface area contributed by atoms with Crippen molar-refractivity contribution in [1.29, 1.82) is 0 Å². The first-order valence-electron chi connectivity index (χ1n) is 9.13. The molecule has 0 saturated heterocycles. The van der Waals surface area contributed by atoms with Crippen LogP contribution in [0.5, 0.6) is 0 Å². The van der Waals surface area contributed by atoms with Crippen LogP contribution < -0.4 is 10.0 Å². The van der Waals surface area contributed by atoms with Gasteiger partial charge in [0.1, 0.15) is 6.04 Å². The normalized spacial score (nSPS) is 12.4. The average molecular weight is 463 g/mol. The van der Waals surface area contributed by atoms with Crippen molar-refractivity contribution in [3.05, 3.63) is 94.0 Å². The first-order valence-corrected chi connectivity index (χ1v) is 11.4. The molecule has 30 heavy (non-hydrogen) atoms. The molecule has 2 N–H and O–H groups in total. The third-order valence-electron chi connectivity index (χ3n) is 4.46. The number of carbonyl (C=O) groups excluding carboxylic acids is 1. The molecule has 156 valence electrons. The van der Waals surface area contributed by atoms with Gasteiger partial charge in [-0.25, -0.2) is 8.42 Å². The minimum Gasteiger partial charge on any atom is -0.325 e. The molecule has 0 aliphatic rings. The molecule has 0 spiro atoms. The number of rotatable bonds is 7. The molecule has 0 aliphatic heterocycles. The van der Waals surface area contributed by atoms with Crippen LogP contribution >= 0.6 is 23.2 Å². The maximum Gasteiger partial charge on any atom is 0.242 e. The highest BCUT2D eigenvalue weighted by Gasteiger charge is 2.26. The number of nitrogens with one attached hydrogen (secondary N) is 2. The van der Waals surface area contributed by atoms with E-state index in [2.05, 4.69) is 10.0 Å². The Bertz CT molecular complexity index is 1130. The Balaban J connectivity index is 1.86. The third kappa shape index (κ3) is 5.83. The number of hydrogen-bond donors (Lipinski definition) is 2. The molecule has 1 atom stereocenters. The van der Waals surface area contributed by atoms with Gasteiger partial charge >= 0.3 is 0 Å². The summed E-state index contributed by atoms with van der Waals surface area (Å²) in [5.41, 5.74) is 2.18. The average Bonchev–Trinajstić information content (AvgIpc) is 2.71. The fourth-order valence-corrected chi connectivity index (χ4v) is 4.31. The standard InChI is InChI=1S/C22H20Cl2N2O3S/c1-15-7-10-18(14-20(15)24)25-22(27)21(13-16-5-3-2-4-6-16)26-30(28,29)19-11-8-17(23)9-12-19/h2-12,14,21,26H,13H2,1H3,(H,25,27). The van der Waals surface area contributed by atoms with E-state index in [9.17, 15) is 13.2 Å². The van der Waals surface area contributed by atoms with Gasteiger partial charge in [0.2, 0.25) is 15.9 Å². The lowest BCUT2D eigenvalue weighted by molar-refractivity contribution is -0.117. The lowest BCUT2D eigenvalue weighted by Crippen LogP contribution is -2.45. The summed E-state index contributed by atoms with van der Waals surface area (Å²) in [6.45, 7) is 1.85. The Morgan fingerprint density at radius 1 is 0.967 bits per heavy atom. The summed E-state index contributed by atoms with van der Waals surface area (Å²) in [5.74, 6) is -0.490. The number of halogens is 2. The van der Waals surface area contributed by atoms with Crippen LogP contribution in [-0.4, -0.2) is 20.4 Å². The molecule has 5 nitrogen and oxygen atoms in total. The summed E-state index contributed by atoms with van der Waals surface area (Å²) in [6, 6.07) is 19.0. The van der Waals surface area contributed by atoms with Gasteiger partial charge in [-0.3, -0.25) is 4.79 Å². The van der Waals surface area contributed by atoms with Crippen molar-refractivity contribution < 1.29 is 13.2 Å². The first kappa shape index (κ1) is 22.3. The van der Waals surface area contributed by atoms with E-state index in [4.69, 9.17) is 23.2 Å². The highest BCUT2D eigenvalue weighted by molar-refractivity contribution is 7.89. The van der Waals surface area contributed by atoms with E-state index in [-0.39, 0.29) is 11.3 Å². The molecule has 3 aromatic carbocycles. The molecule has 0 heterocycles. The van der Waals surface area contributed by atoms with Crippen molar-refractivity contribution in [3.8, 4) is 0 Å². The van der Waals surface area contributed by atoms with Gasteiger partial charge < -0.3 is 5.32 Å². The van der Waals surface area contributed by atoms with Crippen molar-refractivity contribution in [2.45, 2.75) is 24.3 Å². The summed E-state index contributed by atoms with van der Waals surface area (Å²) in [4.78, 5) is 13.0. The number of sulfonamides is 1. The first-order chi connectivity index (χ1) is 14.2. The van der Waals surface area contributed by atoms with Crippen LogP contribution in [-0.2, 0) is 21.2 Å². The summed E-state index contributed by atoms with van der Waals surface area (Å²) in [6.07, 6.45) is 0.180. The summed E-state index contributed by atoms with van der Waals surface area (Å²) in [7, 11) is -3.94. The van der Waals surface area contributed by atoms with Crippen LogP contribution in [0.4, 0.5) is 5.69 Å². The third-order valence-corrected chi connectivity index (χ3v) is 6.61. The Morgan fingerprint density at radius 2 is 1.63 bits per heavy atom. The predicted octanol–water partition coefficient (Wildman–Crippen LogP) is 4.83. The second-order valence-corrected chi connectivity index (χ2v) is 9.33.